The Balaban J connectivity index is -0.000000267. The molecule has 0 unspecified atom stereocenters. The smallest absolute Gasteiger partial charge is 0.120 e. The van der Waals surface area contributed by atoms with Crippen molar-refractivity contribution in [1.82, 2.24) is 10.6 Å². The van der Waals surface area contributed by atoms with Crippen molar-refractivity contribution in [3.63, 3.8) is 0 Å². The van der Waals surface area contributed by atoms with Crippen molar-refractivity contribution >= 4 is 23.0 Å². The van der Waals surface area contributed by atoms with Gasteiger partial charge < -0.3 is 32.6 Å². The molecule has 0 atom stereocenters. The van der Waals surface area contributed by atoms with Crippen LogP contribution in [0.15, 0.2) is 42.7 Å². The molecule has 1 rings (SSSR count). The third-order valence-corrected chi connectivity index (χ3v) is 5.17. The van der Waals surface area contributed by atoms with Crippen LogP contribution in [0, 0.1) is 5.41 Å². The van der Waals surface area contributed by atoms with Gasteiger partial charge in [-0.25, -0.2) is 0 Å². The molecule has 0 saturated carbocycles. The van der Waals surface area contributed by atoms with Crippen molar-refractivity contribution in [3.05, 3.63) is 53.9 Å². The number of aldehydes is 1. The normalized spacial score (nSPS) is 10.2. The summed E-state index contributed by atoms with van der Waals surface area (Å²) in [5.41, 5.74) is 17.8. The van der Waals surface area contributed by atoms with Crippen LogP contribution in [-0.2, 0) is 11.2 Å². The third kappa shape index (κ3) is 26.5. The molecule has 0 aliphatic rings. The molecule has 0 aliphatic carbocycles. The second-order valence-corrected chi connectivity index (χ2v) is 9.00. The molecule has 0 aromatic heterocycles. The van der Waals surface area contributed by atoms with Gasteiger partial charge in [-0.15, -0.1) is 11.8 Å². The van der Waals surface area contributed by atoms with E-state index < -0.39 is 0 Å². The average molecular weight is 498 g/mol. The Kier molecular flexibility index (Phi) is 33.9. The van der Waals surface area contributed by atoms with E-state index in [0.29, 0.717) is 6.42 Å². The van der Waals surface area contributed by atoms with Gasteiger partial charge in [0.2, 0.25) is 0 Å². The predicted molar refractivity (Wildman–Crippen MR) is 158 cm³/mol. The van der Waals surface area contributed by atoms with Gasteiger partial charge in [0.05, 0.1) is 0 Å². The van der Waals surface area contributed by atoms with E-state index in [9.17, 15) is 4.79 Å². The lowest BCUT2D eigenvalue weighted by Gasteiger charge is -2.11. The lowest BCUT2D eigenvalue weighted by molar-refractivity contribution is -0.109. The zero-order valence-electron chi connectivity index (χ0n) is 23.5. The Bertz CT molecular complexity index is 596. The van der Waals surface area contributed by atoms with Crippen molar-refractivity contribution < 1.29 is 4.79 Å². The summed E-state index contributed by atoms with van der Waals surface area (Å²) in [5.74, 6) is 0. The fourth-order valence-corrected chi connectivity index (χ4v) is 3.26. The van der Waals surface area contributed by atoms with Crippen molar-refractivity contribution in [2.24, 2.45) is 22.6 Å². The second kappa shape index (κ2) is 29.2. The van der Waals surface area contributed by atoms with E-state index in [2.05, 4.69) is 71.9 Å². The highest BCUT2D eigenvalue weighted by atomic mass is 32.2. The molecule has 0 aliphatic heterocycles. The Morgan fingerprint density at radius 1 is 1.03 bits per heavy atom. The molecule has 6 nitrogen and oxygen atoms in total. The molecule has 0 saturated heterocycles. The zero-order chi connectivity index (χ0) is 27.4. The lowest BCUT2D eigenvalue weighted by atomic mass is 9.93. The number of hydrogen-bond donors (Lipinski definition) is 5. The molecule has 1 aromatic rings. The SMILES string of the molecule is C=CN.CC(C)(C)CC=O.CN.CN.CNCCCCCc1ccc(/C(SC)=C(\C)NC)cc1. The Labute approximate surface area is 215 Å². The minimum atomic E-state index is 0.182. The predicted octanol–water partition coefficient (Wildman–Crippen LogP) is 4.75. The van der Waals surface area contributed by atoms with Crippen LogP contribution in [0.25, 0.3) is 4.91 Å². The number of benzene rings is 1. The summed E-state index contributed by atoms with van der Waals surface area (Å²) in [7, 11) is 6.99. The molecule has 0 bridgehead atoms. The van der Waals surface area contributed by atoms with Crippen molar-refractivity contribution in [2.75, 3.05) is 41.0 Å². The Hall–Kier alpha value is -1.80. The van der Waals surface area contributed by atoms with Gasteiger partial charge in [0.1, 0.15) is 6.29 Å². The van der Waals surface area contributed by atoms with Crippen molar-refractivity contribution in [1.29, 1.82) is 0 Å². The van der Waals surface area contributed by atoms with Gasteiger partial charge in [-0.2, -0.15) is 0 Å². The zero-order valence-corrected chi connectivity index (χ0v) is 24.3. The van der Waals surface area contributed by atoms with E-state index >= 15 is 0 Å². The van der Waals surface area contributed by atoms with Crippen LogP contribution in [0.2, 0.25) is 0 Å². The Morgan fingerprint density at radius 2 is 1.53 bits per heavy atom. The number of thioether (sulfide) groups is 1. The number of nitrogens with two attached hydrogens (primary N) is 3. The molecule has 0 spiro atoms. The van der Waals surface area contributed by atoms with E-state index in [-0.39, 0.29) is 5.41 Å². The van der Waals surface area contributed by atoms with E-state index in [1.807, 2.05) is 34.9 Å². The number of nitrogens with one attached hydrogen (secondary N) is 2. The van der Waals surface area contributed by atoms with Crippen LogP contribution in [0.1, 0.15) is 64.5 Å². The number of unbranched alkanes of at least 4 members (excludes halogenated alkanes) is 2. The van der Waals surface area contributed by atoms with Gasteiger partial charge in [0.25, 0.3) is 0 Å². The van der Waals surface area contributed by atoms with Gasteiger partial charge >= 0.3 is 0 Å². The van der Waals surface area contributed by atoms with E-state index in [4.69, 9.17) is 0 Å². The number of hydrogen-bond acceptors (Lipinski definition) is 7. The van der Waals surface area contributed by atoms with Gasteiger partial charge in [0.15, 0.2) is 0 Å². The highest BCUT2D eigenvalue weighted by molar-refractivity contribution is 8.07. The summed E-state index contributed by atoms with van der Waals surface area (Å²) in [6.07, 6.45) is 10.0. The maximum Gasteiger partial charge on any atom is 0.120 e. The number of allylic oxidation sites excluding steroid dienone is 1. The first-order chi connectivity index (χ1) is 16.2. The highest BCUT2D eigenvalue weighted by Crippen LogP contribution is 2.28. The highest BCUT2D eigenvalue weighted by Gasteiger charge is 2.07. The summed E-state index contributed by atoms with van der Waals surface area (Å²) in [6, 6.07) is 9.03. The molecule has 8 N–H and O–H groups in total. The first-order valence-electron chi connectivity index (χ1n) is 11.8. The summed E-state index contributed by atoms with van der Waals surface area (Å²) in [5, 5.41) is 6.43. The summed E-state index contributed by atoms with van der Waals surface area (Å²) < 4.78 is 0. The van der Waals surface area contributed by atoms with Gasteiger partial charge in [0, 0.05) is 24.1 Å². The van der Waals surface area contributed by atoms with Gasteiger partial charge in [-0.1, -0.05) is 58.0 Å². The van der Waals surface area contributed by atoms with Crippen LogP contribution < -0.4 is 27.8 Å². The molecule has 7 heteroatoms. The van der Waals surface area contributed by atoms with Crippen LogP contribution in [-0.4, -0.2) is 47.3 Å². The lowest BCUT2D eigenvalue weighted by Crippen LogP contribution is -2.07. The number of carbonyl (C=O) groups excluding carboxylic acids is 1. The first kappa shape index (κ1) is 39.4. The van der Waals surface area contributed by atoms with Crippen LogP contribution in [0.5, 0.6) is 0 Å². The molecule has 34 heavy (non-hydrogen) atoms. The fraction of sp³-hybridized carbons (Fsp3) is 0.593. The number of rotatable bonds is 10. The summed E-state index contributed by atoms with van der Waals surface area (Å²) >= 11 is 1.80. The molecule has 1 aromatic carbocycles. The minimum Gasteiger partial charge on any atom is -0.405 e. The second-order valence-electron chi connectivity index (χ2n) is 8.19. The number of carbonyl (C=O) groups is 1. The first-order valence-corrected chi connectivity index (χ1v) is 13.0. The molecule has 200 valence electrons. The topological polar surface area (TPSA) is 119 Å². The standard InChI is InChI=1S/C17H28N2S.C6H12O.C2H5N.2CH5N/c1-14(19-3)17(20-4)16-11-9-15(10-12-16)8-6-5-7-13-18-2;1-6(2,3)4-5-7;1-2-3;2*1-2/h9-12,18-19H,5-8,13H2,1-4H3;5H,4H2,1-3H3;2H,1,3H2;2*2H2,1H3/b17-14-;;;;. The van der Waals surface area contributed by atoms with Gasteiger partial charge in [-0.3, -0.25) is 0 Å². The van der Waals surface area contributed by atoms with Crippen molar-refractivity contribution in [2.45, 2.75) is 59.8 Å². The molecular formula is C27H55N5OS. The average Bonchev–Trinajstić information content (AvgIpc) is 2.83. The van der Waals surface area contributed by atoms with E-state index in [0.717, 1.165) is 12.8 Å². The van der Waals surface area contributed by atoms with E-state index in [1.165, 1.54) is 67.7 Å². The minimum absolute atomic E-state index is 0.182. The monoisotopic (exact) mass is 497 g/mol. The summed E-state index contributed by atoms with van der Waals surface area (Å²) in [6.45, 7) is 12.5. The molecule has 0 amide bonds. The van der Waals surface area contributed by atoms with Crippen LogP contribution in [0.4, 0.5) is 0 Å². The van der Waals surface area contributed by atoms with Crippen LogP contribution in [0.3, 0.4) is 0 Å². The fourth-order valence-electron chi connectivity index (χ4n) is 2.48. The molecule has 0 radical (unpaired) electrons. The maximum atomic E-state index is 9.82. The summed E-state index contributed by atoms with van der Waals surface area (Å²) in [4.78, 5) is 11.1. The van der Waals surface area contributed by atoms with E-state index in [1.54, 1.807) is 11.8 Å². The third-order valence-electron chi connectivity index (χ3n) is 4.22. The van der Waals surface area contributed by atoms with Crippen LogP contribution >= 0.6 is 11.8 Å². The quantitative estimate of drug-likeness (QED) is 0.234. The molecule has 0 fully saturated rings. The molecular weight excluding hydrogens is 442 g/mol. The van der Waals surface area contributed by atoms with Crippen molar-refractivity contribution in [3.8, 4) is 0 Å². The maximum absolute atomic E-state index is 9.82. The molecule has 0 heterocycles. The van der Waals surface area contributed by atoms with Gasteiger partial charge in [-0.05, 0) is 82.9 Å². The number of aryl methyl sites for hydroxylation is 1. The Morgan fingerprint density at radius 3 is 1.85 bits per heavy atom. The largest absolute Gasteiger partial charge is 0.405 e.